The quantitative estimate of drug-likeness (QED) is 0.820. The zero-order chi connectivity index (χ0) is 13.1. The van der Waals surface area contributed by atoms with Gasteiger partial charge in [0.15, 0.2) is 11.6 Å². The highest BCUT2D eigenvalue weighted by molar-refractivity contribution is 5.32. The first-order valence-corrected chi connectivity index (χ1v) is 6.06. The Labute approximate surface area is 105 Å². The van der Waals surface area contributed by atoms with E-state index in [2.05, 4.69) is 10.1 Å². The number of halogens is 2. The summed E-state index contributed by atoms with van der Waals surface area (Å²) in [5, 5.41) is 13.0. The lowest BCUT2D eigenvalue weighted by atomic mass is 10.1. The highest BCUT2D eigenvalue weighted by Gasteiger charge is 2.21. The van der Waals surface area contributed by atoms with Crippen molar-refractivity contribution < 1.29 is 18.6 Å². The molecule has 100 valence electrons. The molecule has 0 heterocycles. The van der Waals surface area contributed by atoms with Gasteiger partial charge in [0.2, 0.25) is 0 Å². The summed E-state index contributed by atoms with van der Waals surface area (Å²) < 4.78 is 31.7. The summed E-state index contributed by atoms with van der Waals surface area (Å²) in [6, 6.07) is 2.49. The van der Waals surface area contributed by atoms with Gasteiger partial charge in [-0.2, -0.15) is 0 Å². The number of aliphatic hydroxyl groups excluding tert-OH is 1. The van der Waals surface area contributed by atoms with Crippen LogP contribution in [0.15, 0.2) is 12.1 Å². The first kappa shape index (κ1) is 13.2. The van der Waals surface area contributed by atoms with Gasteiger partial charge in [-0.05, 0) is 31.9 Å². The van der Waals surface area contributed by atoms with Crippen molar-refractivity contribution >= 4 is 0 Å². The number of aliphatic hydroxyl groups is 1. The maximum absolute atomic E-state index is 13.6. The van der Waals surface area contributed by atoms with Crippen molar-refractivity contribution in [1.29, 1.82) is 0 Å². The van der Waals surface area contributed by atoms with Crippen molar-refractivity contribution in [2.24, 2.45) is 0 Å². The van der Waals surface area contributed by atoms with Gasteiger partial charge in [-0.3, -0.25) is 0 Å². The van der Waals surface area contributed by atoms with Crippen LogP contribution in [0.4, 0.5) is 8.78 Å². The van der Waals surface area contributed by atoms with E-state index in [9.17, 15) is 13.9 Å². The van der Waals surface area contributed by atoms with Gasteiger partial charge in [0.1, 0.15) is 5.82 Å². The van der Waals surface area contributed by atoms with E-state index in [1.54, 1.807) is 0 Å². The lowest BCUT2D eigenvalue weighted by Gasteiger charge is -2.13. The topological polar surface area (TPSA) is 41.5 Å². The van der Waals surface area contributed by atoms with Crippen LogP contribution in [0.5, 0.6) is 5.75 Å². The molecule has 0 bridgehead atoms. The molecule has 0 radical (unpaired) electrons. The van der Waals surface area contributed by atoms with Gasteiger partial charge in [-0.1, -0.05) is 0 Å². The number of nitrogens with one attached hydrogen (secondary N) is 1. The monoisotopic (exact) mass is 257 g/mol. The number of methoxy groups -OCH3 is 1. The standard InChI is InChI=1S/C13H17F2NO2/c1-18-13-7-10(14)9(6-11(13)15)12(17)4-5-16-8-2-3-8/h6-8,12,16-17H,2-5H2,1H3. The predicted octanol–water partition coefficient (Wildman–Crippen LogP) is 2.15. The van der Waals surface area contributed by atoms with Gasteiger partial charge in [0, 0.05) is 17.7 Å². The van der Waals surface area contributed by atoms with Gasteiger partial charge < -0.3 is 15.2 Å². The summed E-state index contributed by atoms with van der Waals surface area (Å²) in [7, 11) is 1.27. The van der Waals surface area contributed by atoms with Gasteiger partial charge >= 0.3 is 0 Å². The van der Waals surface area contributed by atoms with E-state index in [1.807, 2.05) is 0 Å². The highest BCUT2D eigenvalue weighted by atomic mass is 19.1. The van der Waals surface area contributed by atoms with Crippen LogP contribution in [0.1, 0.15) is 30.9 Å². The largest absolute Gasteiger partial charge is 0.494 e. The van der Waals surface area contributed by atoms with Crippen LogP contribution < -0.4 is 10.1 Å². The van der Waals surface area contributed by atoms with E-state index in [0.29, 0.717) is 19.0 Å². The van der Waals surface area contributed by atoms with Gasteiger partial charge in [0.05, 0.1) is 13.2 Å². The number of rotatable bonds is 6. The molecule has 2 rings (SSSR count). The summed E-state index contributed by atoms with van der Waals surface area (Å²) in [4.78, 5) is 0. The Morgan fingerprint density at radius 1 is 1.39 bits per heavy atom. The van der Waals surface area contributed by atoms with E-state index in [4.69, 9.17) is 0 Å². The molecule has 1 aromatic carbocycles. The van der Waals surface area contributed by atoms with E-state index in [0.717, 1.165) is 25.0 Å². The van der Waals surface area contributed by atoms with Crippen LogP contribution in [-0.2, 0) is 0 Å². The molecule has 1 atom stereocenters. The van der Waals surface area contributed by atoms with E-state index in [-0.39, 0.29) is 11.3 Å². The van der Waals surface area contributed by atoms with Crippen molar-refractivity contribution in [2.75, 3.05) is 13.7 Å². The zero-order valence-corrected chi connectivity index (χ0v) is 10.2. The van der Waals surface area contributed by atoms with E-state index in [1.165, 1.54) is 7.11 Å². The Hall–Kier alpha value is -1.20. The maximum Gasteiger partial charge on any atom is 0.165 e. The second kappa shape index (κ2) is 5.63. The SMILES string of the molecule is COc1cc(F)c(C(O)CCNC2CC2)cc1F. The third kappa shape index (κ3) is 3.17. The molecule has 0 amide bonds. The summed E-state index contributed by atoms with van der Waals surface area (Å²) in [6.07, 6.45) is 1.67. The Morgan fingerprint density at radius 2 is 2.11 bits per heavy atom. The Balaban J connectivity index is 1.99. The molecule has 1 aliphatic carbocycles. The van der Waals surface area contributed by atoms with Crippen molar-refractivity contribution in [3.05, 3.63) is 29.3 Å². The predicted molar refractivity (Wildman–Crippen MR) is 63.5 cm³/mol. The Morgan fingerprint density at radius 3 is 2.72 bits per heavy atom. The van der Waals surface area contributed by atoms with Gasteiger partial charge in [-0.25, -0.2) is 8.78 Å². The smallest absolute Gasteiger partial charge is 0.165 e. The van der Waals surface area contributed by atoms with E-state index >= 15 is 0 Å². The first-order valence-electron chi connectivity index (χ1n) is 6.06. The normalized spacial score (nSPS) is 16.7. The summed E-state index contributed by atoms with van der Waals surface area (Å²) in [5.74, 6) is -1.46. The fourth-order valence-electron chi connectivity index (χ4n) is 1.82. The molecule has 1 fully saturated rings. The minimum atomic E-state index is -1.00. The number of hydrogen-bond acceptors (Lipinski definition) is 3. The number of hydrogen-bond donors (Lipinski definition) is 2. The third-order valence-electron chi connectivity index (χ3n) is 3.06. The summed E-state index contributed by atoms with van der Waals surface area (Å²) in [6.45, 7) is 0.596. The van der Waals surface area contributed by atoms with Crippen molar-refractivity contribution in [3.8, 4) is 5.75 Å². The average molecular weight is 257 g/mol. The molecule has 5 heteroatoms. The molecule has 1 aromatic rings. The van der Waals surface area contributed by atoms with Crippen LogP contribution in [-0.4, -0.2) is 24.8 Å². The molecule has 3 nitrogen and oxygen atoms in total. The second-order valence-electron chi connectivity index (χ2n) is 4.54. The van der Waals surface area contributed by atoms with Crippen molar-refractivity contribution in [1.82, 2.24) is 5.32 Å². The van der Waals surface area contributed by atoms with Gasteiger partial charge in [-0.15, -0.1) is 0 Å². The molecular weight excluding hydrogens is 240 g/mol. The Bertz CT molecular complexity index is 422. The molecule has 0 aromatic heterocycles. The van der Waals surface area contributed by atoms with Crippen LogP contribution >= 0.6 is 0 Å². The molecule has 1 aliphatic rings. The first-order chi connectivity index (χ1) is 8.61. The molecule has 18 heavy (non-hydrogen) atoms. The molecule has 2 N–H and O–H groups in total. The number of benzene rings is 1. The summed E-state index contributed by atoms with van der Waals surface area (Å²) in [5.41, 5.74) is -0.0223. The van der Waals surface area contributed by atoms with Crippen LogP contribution in [0.25, 0.3) is 0 Å². The molecule has 0 aliphatic heterocycles. The lowest BCUT2D eigenvalue weighted by Crippen LogP contribution is -2.20. The maximum atomic E-state index is 13.6. The average Bonchev–Trinajstić information content (AvgIpc) is 3.15. The molecule has 1 unspecified atom stereocenters. The Kier molecular flexibility index (Phi) is 4.14. The molecule has 0 spiro atoms. The molecule has 1 saturated carbocycles. The molecule has 0 saturated heterocycles. The van der Waals surface area contributed by atoms with E-state index < -0.39 is 17.7 Å². The van der Waals surface area contributed by atoms with Gasteiger partial charge in [0.25, 0.3) is 0 Å². The minimum Gasteiger partial charge on any atom is -0.494 e. The lowest BCUT2D eigenvalue weighted by molar-refractivity contribution is 0.161. The third-order valence-corrected chi connectivity index (χ3v) is 3.06. The van der Waals surface area contributed by atoms with Crippen molar-refractivity contribution in [3.63, 3.8) is 0 Å². The minimum absolute atomic E-state index is 0.0223. The highest BCUT2D eigenvalue weighted by Crippen LogP contribution is 2.27. The fourth-order valence-corrected chi connectivity index (χ4v) is 1.82. The number of ether oxygens (including phenoxy) is 1. The zero-order valence-electron chi connectivity index (χ0n) is 10.2. The summed E-state index contributed by atoms with van der Waals surface area (Å²) >= 11 is 0. The molecular formula is C13H17F2NO2. The van der Waals surface area contributed by atoms with Crippen LogP contribution in [0, 0.1) is 11.6 Å². The fraction of sp³-hybridized carbons (Fsp3) is 0.538. The second-order valence-corrected chi connectivity index (χ2v) is 4.54. The van der Waals surface area contributed by atoms with Crippen LogP contribution in [0.3, 0.4) is 0 Å². The van der Waals surface area contributed by atoms with Crippen LogP contribution in [0.2, 0.25) is 0 Å². The van der Waals surface area contributed by atoms with Crippen molar-refractivity contribution in [2.45, 2.75) is 31.4 Å².